The minimum atomic E-state index is 0.141. The highest BCUT2D eigenvalue weighted by atomic mass is 16.1. The molecule has 114 valence electrons. The highest BCUT2D eigenvalue weighted by Gasteiger charge is 2.32. The average Bonchev–Trinajstić information content (AvgIpc) is 3.10. The molecule has 1 aromatic heterocycles. The van der Waals surface area contributed by atoms with Crippen LogP contribution in [0.4, 0.5) is 0 Å². The van der Waals surface area contributed by atoms with E-state index in [0.29, 0.717) is 0 Å². The maximum atomic E-state index is 12.9. The summed E-state index contributed by atoms with van der Waals surface area (Å²) in [5.41, 5.74) is 6.10. The maximum Gasteiger partial charge on any atom is 0.211 e. The minimum absolute atomic E-state index is 0.141. The van der Waals surface area contributed by atoms with Crippen LogP contribution < -0.4 is 0 Å². The van der Waals surface area contributed by atoms with Crippen molar-refractivity contribution in [3.8, 4) is 16.8 Å². The van der Waals surface area contributed by atoms with Crippen molar-refractivity contribution in [2.45, 2.75) is 26.2 Å². The highest BCUT2D eigenvalue weighted by molar-refractivity contribution is 6.21. The lowest BCUT2D eigenvalue weighted by atomic mass is 10.1. The van der Waals surface area contributed by atoms with E-state index in [0.717, 1.165) is 47.3 Å². The van der Waals surface area contributed by atoms with Crippen LogP contribution in [0.1, 0.15) is 41.5 Å². The molecule has 0 radical (unpaired) electrons. The Morgan fingerprint density at radius 2 is 1.57 bits per heavy atom. The Bertz CT molecular complexity index is 874. The van der Waals surface area contributed by atoms with E-state index < -0.39 is 0 Å². The number of carbonyl (C=O) groups excluding carboxylic acids is 1. The maximum absolute atomic E-state index is 12.9. The molecule has 0 amide bonds. The second kappa shape index (κ2) is 5.54. The van der Waals surface area contributed by atoms with E-state index in [1.165, 1.54) is 5.69 Å². The van der Waals surface area contributed by atoms with Crippen molar-refractivity contribution in [1.82, 2.24) is 4.57 Å². The Morgan fingerprint density at radius 1 is 0.870 bits per heavy atom. The zero-order valence-electron chi connectivity index (χ0n) is 13.3. The molecule has 2 nitrogen and oxygen atoms in total. The molecule has 3 aromatic rings. The van der Waals surface area contributed by atoms with Crippen LogP contribution >= 0.6 is 0 Å². The van der Waals surface area contributed by atoms with Gasteiger partial charge < -0.3 is 4.57 Å². The smallest absolute Gasteiger partial charge is 0.211 e. The highest BCUT2D eigenvalue weighted by Crippen LogP contribution is 2.40. The fourth-order valence-corrected chi connectivity index (χ4v) is 3.45. The number of benzene rings is 2. The van der Waals surface area contributed by atoms with E-state index in [4.69, 9.17) is 0 Å². The number of nitrogens with zero attached hydrogens (tertiary/aromatic N) is 1. The monoisotopic (exact) mass is 301 g/mol. The second-order valence-electron chi connectivity index (χ2n) is 6.05. The van der Waals surface area contributed by atoms with Crippen LogP contribution in [0.2, 0.25) is 0 Å². The zero-order valence-corrected chi connectivity index (χ0v) is 13.3. The van der Waals surface area contributed by atoms with Crippen molar-refractivity contribution in [2.75, 3.05) is 0 Å². The number of carbonyl (C=O) groups is 1. The van der Waals surface area contributed by atoms with Gasteiger partial charge in [0.15, 0.2) is 0 Å². The molecule has 0 saturated heterocycles. The SMILES string of the molecule is CCCCc1cc2c(n1-c1ccccc1)C(=O)c1ccccc1-2. The normalized spacial score (nSPS) is 12.3. The summed E-state index contributed by atoms with van der Waals surface area (Å²) < 4.78 is 2.16. The molecule has 2 aromatic carbocycles. The van der Waals surface area contributed by atoms with Gasteiger partial charge in [0.05, 0.1) is 0 Å². The van der Waals surface area contributed by atoms with E-state index in [2.05, 4.69) is 35.8 Å². The predicted molar refractivity (Wildman–Crippen MR) is 93.2 cm³/mol. The number of fused-ring (bicyclic) bond motifs is 3. The van der Waals surface area contributed by atoms with Crippen LogP contribution in [0.5, 0.6) is 0 Å². The van der Waals surface area contributed by atoms with E-state index in [-0.39, 0.29) is 5.78 Å². The molecule has 0 unspecified atom stereocenters. The molecule has 2 heteroatoms. The van der Waals surface area contributed by atoms with Gasteiger partial charge >= 0.3 is 0 Å². The Balaban J connectivity index is 1.95. The summed E-state index contributed by atoms with van der Waals surface area (Å²) in [6.45, 7) is 2.20. The second-order valence-corrected chi connectivity index (χ2v) is 6.05. The van der Waals surface area contributed by atoms with E-state index in [1.54, 1.807) is 0 Å². The van der Waals surface area contributed by atoms with Crippen LogP contribution in [0.25, 0.3) is 16.8 Å². The predicted octanol–water partition coefficient (Wildman–Crippen LogP) is 5.03. The van der Waals surface area contributed by atoms with Crippen molar-refractivity contribution in [3.05, 3.63) is 77.6 Å². The summed E-state index contributed by atoms with van der Waals surface area (Å²) in [4.78, 5) is 12.9. The first-order valence-corrected chi connectivity index (χ1v) is 8.25. The Hall–Kier alpha value is -2.61. The molecule has 0 spiro atoms. The summed E-state index contributed by atoms with van der Waals surface area (Å²) in [7, 11) is 0. The first-order chi connectivity index (χ1) is 11.3. The lowest BCUT2D eigenvalue weighted by molar-refractivity contribution is 0.103. The standard InChI is InChI=1S/C21H19NO/c1-2-3-9-16-14-19-17-12-7-8-13-18(17)21(23)20(19)22(16)15-10-5-4-6-11-15/h4-8,10-14H,2-3,9H2,1H3. The van der Waals surface area contributed by atoms with Crippen LogP contribution in [0, 0.1) is 0 Å². The van der Waals surface area contributed by atoms with Gasteiger partial charge in [-0.3, -0.25) is 4.79 Å². The molecule has 0 aliphatic heterocycles. The number of unbranched alkanes of at least 4 members (excludes halogenated alkanes) is 1. The molecule has 0 bridgehead atoms. The molecule has 1 aliphatic carbocycles. The topological polar surface area (TPSA) is 22.0 Å². The largest absolute Gasteiger partial charge is 0.310 e. The van der Waals surface area contributed by atoms with E-state index >= 15 is 0 Å². The molecule has 1 heterocycles. The van der Waals surface area contributed by atoms with Crippen LogP contribution in [-0.4, -0.2) is 10.4 Å². The van der Waals surface area contributed by atoms with Crippen molar-refractivity contribution in [3.63, 3.8) is 0 Å². The lowest BCUT2D eigenvalue weighted by Crippen LogP contribution is -2.09. The number of para-hydroxylation sites is 1. The molecular weight excluding hydrogens is 282 g/mol. The van der Waals surface area contributed by atoms with Gasteiger partial charge in [0.1, 0.15) is 5.69 Å². The molecule has 0 atom stereocenters. The fourth-order valence-electron chi connectivity index (χ4n) is 3.45. The molecule has 23 heavy (non-hydrogen) atoms. The van der Waals surface area contributed by atoms with Gasteiger partial charge in [0.25, 0.3) is 0 Å². The fraction of sp³-hybridized carbons (Fsp3) is 0.190. The van der Waals surface area contributed by atoms with E-state index in [1.807, 2.05) is 36.4 Å². The van der Waals surface area contributed by atoms with Gasteiger partial charge in [-0.2, -0.15) is 0 Å². The number of aryl methyl sites for hydroxylation is 1. The Kier molecular flexibility index (Phi) is 3.38. The number of rotatable bonds is 4. The third-order valence-corrected chi connectivity index (χ3v) is 4.55. The summed E-state index contributed by atoms with van der Waals surface area (Å²) in [6, 6.07) is 20.3. The molecule has 1 aliphatic rings. The Labute approximate surface area is 136 Å². The third-order valence-electron chi connectivity index (χ3n) is 4.55. The molecule has 0 N–H and O–H groups in total. The van der Waals surface area contributed by atoms with Crippen molar-refractivity contribution in [1.29, 1.82) is 0 Å². The van der Waals surface area contributed by atoms with Crippen molar-refractivity contribution < 1.29 is 4.79 Å². The van der Waals surface area contributed by atoms with Gasteiger partial charge in [-0.15, -0.1) is 0 Å². The Morgan fingerprint density at radius 3 is 2.30 bits per heavy atom. The quantitative estimate of drug-likeness (QED) is 0.518. The molecule has 0 fully saturated rings. The van der Waals surface area contributed by atoms with Gasteiger partial charge in [0, 0.05) is 22.5 Å². The summed E-state index contributed by atoms with van der Waals surface area (Å²) in [5.74, 6) is 0.141. The molecule has 4 rings (SSSR count). The van der Waals surface area contributed by atoms with Crippen molar-refractivity contribution in [2.24, 2.45) is 0 Å². The minimum Gasteiger partial charge on any atom is -0.310 e. The number of hydrogen-bond donors (Lipinski definition) is 0. The summed E-state index contributed by atoms with van der Waals surface area (Å²) >= 11 is 0. The molecular formula is C21H19NO. The van der Waals surface area contributed by atoms with Crippen molar-refractivity contribution >= 4 is 5.78 Å². The number of ketones is 1. The van der Waals surface area contributed by atoms with Crippen LogP contribution in [-0.2, 0) is 6.42 Å². The van der Waals surface area contributed by atoms with E-state index in [9.17, 15) is 4.79 Å². The van der Waals surface area contributed by atoms with Gasteiger partial charge in [-0.25, -0.2) is 0 Å². The lowest BCUT2D eigenvalue weighted by Gasteiger charge is -2.12. The van der Waals surface area contributed by atoms with Gasteiger partial charge in [-0.05, 0) is 36.6 Å². The number of aromatic nitrogens is 1. The van der Waals surface area contributed by atoms with Gasteiger partial charge in [-0.1, -0.05) is 55.8 Å². The summed E-state index contributed by atoms with van der Waals surface area (Å²) in [5, 5.41) is 0. The third kappa shape index (κ3) is 2.14. The molecule has 0 saturated carbocycles. The zero-order chi connectivity index (χ0) is 15.8. The number of hydrogen-bond acceptors (Lipinski definition) is 1. The summed E-state index contributed by atoms with van der Waals surface area (Å²) in [6.07, 6.45) is 3.27. The van der Waals surface area contributed by atoms with Crippen LogP contribution in [0.15, 0.2) is 60.7 Å². The average molecular weight is 301 g/mol. The van der Waals surface area contributed by atoms with Gasteiger partial charge in [0.2, 0.25) is 5.78 Å². The first-order valence-electron chi connectivity index (χ1n) is 8.25. The van der Waals surface area contributed by atoms with Crippen LogP contribution in [0.3, 0.4) is 0 Å². The first kappa shape index (κ1) is 14.0.